The van der Waals surface area contributed by atoms with E-state index in [-0.39, 0.29) is 5.43 Å². The number of benzene rings is 1. The molecule has 2 aromatic rings. The maximum atomic E-state index is 13.1. The molecule has 0 atom stereocenters. The first kappa shape index (κ1) is 19.0. The third-order valence-corrected chi connectivity index (χ3v) is 4.58. The average Bonchev–Trinajstić information content (AvgIpc) is 2.60. The number of hydrogen-bond acceptors (Lipinski definition) is 3. The van der Waals surface area contributed by atoms with Crippen LogP contribution >= 0.6 is 0 Å². The van der Waals surface area contributed by atoms with Crippen LogP contribution in [-0.2, 0) is 6.54 Å². The van der Waals surface area contributed by atoms with Crippen LogP contribution in [0.1, 0.15) is 25.1 Å². The van der Waals surface area contributed by atoms with E-state index in [0.717, 1.165) is 54.0 Å². The molecule has 0 saturated carbocycles. The molecule has 0 aliphatic heterocycles. The highest BCUT2D eigenvalue weighted by Gasteiger charge is 2.14. The number of nitrogens with zero attached hydrogens (tertiary/aromatic N) is 2. The molecular formula is C21H29N3O. The number of aromatic nitrogens is 1. The Morgan fingerprint density at radius 1 is 1.12 bits per heavy atom. The first-order chi connectivity index (χ1) is 12.0. The van der Waals surface area contributed by atoms with Gasteiger partial charge in [0.05, 0.1) is 0 Å². The van der Waals surface area contributed by atoms with Crippen LogP contribution in [0.5, 0.6) is 0 Å². The molecule has 1 heterocycles. The summed E-state index contributed by atoms with van der Waals surface area (Å²) in [6.07, 6.45) is 3.71. The highest BCUT2D eigenvalue weighted by molar-refractivity contribution is 5.83. The molecule has 0 bridgehead atoms. The van der Waals surface area contributed by atoms with Crippen molar-refractivity contribution in [3.8, 4) is 0 Å². The van der Waals surface area contributed by atoms with Gasteiger partial charge in [-0.15, -0.1) is 13.2 Å². The van der Waals surface area contributed by atoms with E-state index in [1.807, 2.05) is 31.2 Å². The third-order valence-electron chi connectivity index (χ3n) is 4.58. The van der Waals surface area contributed by atoms with Gasteiger partial charge in [-0.2, -0.15) is 0 Å². The van der Waals surface area contributed by atoms with Crippen LogP contribution < -0.4 is 10.3 Å². The van der Waals surface area contributed by atoms with E-state index in [1.54, 1.807) is 0 Å². The fourth-order valence-corrected chi connectivity index (χ4v) is 3.21. The predicted molar refractivity (Wildman–Crippen MR) is 109 cm³/mol. The van der Waals surface area contributed by atoms with Gasteiger partial charge in [-0.1, -0.05) is 12.2 Å². The normalized spacial score (nSPS) is 11.0. The Bertz CT molecular complexity index is 793. The van der Waals surface area contributed by atoms with E-state index in [2.05, 4.69) is 47.9 Å². The van der Waals surface area contributed by atoms with Crippen LogP contribution in [0.4, 0.5) is 5.69 Å². The number of aryl methyl sites for hydroxylation is 1. The van der Waals surface area contributed by atoms with Gasteiger partial charge in [0.1, 0.15) is 0 Å². The van der Waals surface area contributed by atoms with Gasteiger partial charge < -0.3 is 9.88 Å². The van der Waals surface area contributed by atoms with Gasteiger partial charge in [0, 0.05) is 60.6 Å². The monoisotopic (exact) mass is 339 g/mol. The molecule has 0 aliphatic carbocycles. The second kappa shape index (κ2) is 8.67. The van der Waals surface area contributed by atoms with Crippen LogP contribution in [0, 0.1) is 6.92 Å². The number of nitrogens with one attached hydrogen (secondary N) is 1. The molecule has 4 heteroatoms. The fourth-order valence-electron chi connectivity index (χ4n) is 3.21. The minimum absolute atomic E-state index is 0.110. The van der Waals surface area contributed by atoms with E-state index in [0.29, 0.717) is 6.54 Å². The van der Waals surface area contributed by atoms with Crippen LogP contribution in [0.25, 0.3) is 10.9 Å². The summed E-state index contributed by atoms with van der Waals surface area (Å²) in [5, 5.41) is 0.752. The Labute approximate surface area is 150 Å². The summed E-state index contributed by atoms with van der Waals surface area (Å²) >= 11 is 0. The lowest BCUT2D eigenvalue weighted by Gasteiger charge is -2.22. The van der Waals surface area contributed by atoms with Crippen molar-refractivity contribution in [2.75, 3.05) is 31.1 Å². The number of hydrogen-bond donors (Lipinski definition) is 1. The number of rotatable bonds is 9. The van der Waals surface area contributed by atoms with Gasteiger partial charge in [0.25, 0.3) is 0 Å². The minimum atomic E-state index is 0.110. The van der Waals surface area contributed by atoms with Crippen molar-refractivity contribution in [2.24, 2.45) is 0 Å². The van der Waals surface area contributed by atoms with Crippen molar-refractivity contribution in [3.63, 3.8) is 0 Å². The summed E-state index contributed by atoms with van der Waals surface area (Å²) in [5.74, 6) is 0. The number of aromatic amines is 1. The fraction of sp³-hybridized carbons (Fsp3) is 0.381. The molecule has 2 rings (SSSR count). The van der Waals surface area contributed by atoms with Gasteiger partial charge >= 0.3 is 0 Å². The van der Waals surface area contributed by atoms with E-state index in [1.165, 1.54) is 0 Å². The molecule has 134 valence electrons. The number of anilines is 1. The number of H-pyrrole nitrogens is 1. The lowest BCUT2D eigenvalue weighted by atomic mass is 10.1. The van der Waals surface area contributed by atoms with E-state index in [9.17, 15) is 4.79 Å². The molecule has 0 amide bonds. The SMILES string of the molecule is C=CCN(CC=C)Cc1c(C)[nH]c2ccc(N(CC)CC)cc2c1=O. The zero-order chi connectivity index (χ0) is 18.4. The summed E-state index contributed by atoms with van der Waals surface area (Å²) in [6.45, 7) is 17.7. The van der Waals surface area contributed by atoms with Crippen molar-refractivity contribution in [1.29, 1.82) is 0 Å². The minimum Gasteiger partial charge on any atom is -0.372 e. The maximum Gasteiger partial charge on any atom is 0.194 e. The second-order valence-corrected chi connectivity index (χ2v) is 6.23. The van der Waals surface area contributed by atoms with Crippen molar-refractivity contribution in [2.45, 2.75) is 27.3 Å². The average molecular weight is 339 g/mol. The Morgan fingerprint density at radius 3 is 2.32 bits per heavy atom. The molecule has 1 aromatic carbocycles. The molecule has 0 saturated heterocycles. The molecule has 0 radical (unpaired) electrons. The standard InChI is InChI=1S/C21H29N3O/c1-6-12-23(13-7-2)15-19-16(5)22-20-11-10-17(24(8-3)9-4)14-18(20)21(19)25/h6-7,10-11,14H,1-2,8-9,12-13,15H2,3-5H3,(H,22,25). The van der Waals surface area contributed by atoms with Crippen molar-refractivity contribution >= 4 is 16.6 Å². The second-order valence-electron chi connectivity index (χ2n) is 6.23. The number of pyridine rings is 1. The summed E-state index contributed by atoms with van der Waals surface area (Å²) < 4.78 is 0. The van der Waals surface area contributed by atoms with Crippen LogP contribution in [-0.4, -0.2) is 36.1 Å². The van der Waals surface area contributed by atoms with Crippen molar-refractivity contribution in [3.05, 3.63) is 65.0 Å². The van der Waals surface area contributed by atoms with Crippen molar-refractivity contribution in [1.82, 2.24) is 9.88 Å². The molecule has 1 aromatic heterocycles. The molecule has 0 unspecified atom stereocenters. The molecule has 0 fully saturated rings. The van der Waals surface area contributed by atoms with Gasteiger partial charge in [-0.3, -0.25) is 9.69 Å². The summed E-state index contributed by atoms with van der Waals surface area (Å²) in [4.78, 5) is 20.9. The Kier molecular flexibility index (Phi) is 6.59. The lowest BCUT2D eigenvalue weighted by molar-refractivity contribution is 0.326. The van der Waals surface area contributed by atoms with Gasteiger partial charge in [0.15, 0.2) is 5.43 Å². The molecule has 25 heavy (non-hydrogen) atoms. The molecule has 1 N–H and O–H groups in total. The van der Waals surface area contributed by atoms with Gasteiger partial charge in [-0.05, 0) is 39.0 Å². The highest BCUT2D eigenvalue weighted by atomic mass is 16.1. The molecule has 0 aliphatic rings. The van der Waals surface area contributed by atoms with Gasteiger partial charge in [0.2, 0.25) is 0 Å². The highest BCUT2D eigenvalue weighted by Crippen LogP contribution is 2.20. The van der Waals surface area contributed by atoms with E-state index < -0.39 is 0 Å². The largest absolute Gasteiger partial charge is 0.372 e. The van der Waals surface area contributed by atoms with Crippen LogP contribution in [0.15, 0.2) is 48.3 Å². The number of fused-ring (bicyclic) bond motifs is 1. The third kappa shape index (κ3) is 4.20. The Hall–Kier alpha value is -2.33. The summed E-state index contributed by atoms with van der Waals surface area (Å²) in [5.41, 5.74) is 3.82. The van der Waals surface area contributed by atoms with E-state index in [4.69, 9.17) is 0 Å². The molecule has 0 spiro atoms. The Balaban J connectivity index is 2.51. The first-order valence-corrected chi connectivity index (χ1v) is 8.90. The first-order valence-electron chi connectivity index (χ1n) is 8.90. The topological polar surface area (TPSA) is 39.3 Å². The maximum absolute atomic E-state index is 13.1. The zero-order valence-corrected chi connectivity index (χ0v) is 15.6. The Morgan fingerprint density at radius 2 is 1.76 bits per heavy atom. The van der Waals surface area contributed by atoms with Crippen LogP contribution in [0.2, 0.25) is 0 Å². The predicted octanol–water partition coefficient (Wildman–Crippen LogP) is 3.86. The van der Waals surface area contributed by atoms with Crippen molar-refractivity contribution < 1.29 is 0 Å². The van der Waals surface area contributed by atoms with E-state index >= 15 is 0 Å². The quantitative estimate of drug-likeness (QED) is 0.705. The summed E-state index contributed by atoms with van der Waals surface area (Å²) in [6, 6.07) is 6.09. The molecular weight excluding hydrogens is 310 g/mol. The van der Waals surface area contributed by atoms with Gasteiger partial charge in [-0.25, -0.2) is 0 Å². The van der Waals surface area contributed by atoms with Crippen LogP contribution in [0.3, 0.4) is 0 Å². The smallest absolute Gasteiger partial charge is 0.194 e. The zero-order valence-electron chi connectivity index (χ0n) is 15.6. The summed E-state index contributed by atoms with van der Waals surface area (Å²) in [7, 11) is 0. The lowest BCUT2D eigenvalue weighted by Crippen LogP contribution is -2.28. The molecule has 4 nitrogen and oxygen atoms in total.